The number of nitrogens with one attached hydrogen (secondary N) is 1. The van der Waals surface area contributed by atoms with Gasteiger partial charge in [-0.1, -0.05) is 13.0 Å². The van der Waals surface area contributed by atoms with Gasteiger partial charge in [0.1, 0.15) is 6.17 Å². The molecule has 0 saturated carbocycles. The number of hydrogen-bond donors (Lipinski definition) is 1. The van der Waals surface area contributed by atoms with Crippen LogP contribution in [0, 0.1) is 0 Å². The van der Waals surface area contributed by atoms with Crippen molar-refractivity contribution in [2.45, 2.75) is 44.6 Å². The Kier molecular flexibility index (Phi) is 4.11. The molecule has 2 heterocycles. The lowest BCUT2D eigenvalue weighted by molar-refractivity contribution is -0.146. The summed E-state index contributed by atoms with van der Waals surface area (Å²) in [7, 11) is 0. The van der Waals surface area contributed by atoms with Crippen LogP contribution in [0.15, 0.2) is 17.5 Å². The maximum Gasteiger partial charge on any atom is 0.390 e. The lowest BCUT2D eigenvalue weighted by Gasteiger charge is -2.23. The summed E-state index contributed by atoms with van der Waals surface area (Å²) in [6.45, 7) is 3.28. The summed E-state index contributed by atoms with van der Waals surface area (Å²) >= 11 is 1.43. The van der Waals surface area contributed by atoms with Gasteiger partial charge >= 0.3 is 6.18 Å². The van der Waals surface area contributed by atoms with E-state index in [0.29, 0.717) is 6.42 Å². The van der Waals surface area contributed by atoms with Crippen molar-refractivity contribution in [2.24, 2.45) is 0 Å². The normalized spacial score (nSPS) is 27.4. The zero-order valence-corrected chi connectivity index (χ0v) is 12.1. The van der Waals surface area contributed by atoms with E-state index >= 15 is 0 Å². The fourth-order valence-corrected chi connectivity index (χ4v) is 3.06. The van der Waals surface area contributed by atoms with E-state index in [9.17, 15) is 18.0 Å². The maximum absolute atomic E-state index is 12.4. The van der Waals surface area contributed by atoms with Crippen LogP contribution >= 0.6 is 11.3 Å². The number of carbonyl (C=O) groups is 1. The summed E-state index contributed by atoms with van der Waals surface area (Å²) in [5, 5.41) is 5.03. The second kappa shape index (κ2) is 5.37. The van der Waals surface area contributed by atoms with Crippen LogP contribution in [0.1, 0.15) is 37.7 Å². The molecule has 2 atom stereocenters. The quantitative estimate of drug-likeness (QED) is 0.925. The van der Waals surface area contributed by atoms with Crippen LogP contribution in [0.5, 0.6) is 0 Å². The number of amides is 1. The highest BCUT2D eigenvalue weighted by Gasteiger charge is 2.48. The Morgan fingerprint density at radius 2 is 2.20 bits per heavy atom. The van der Waals surface area contributed by atoms with Crippen molar-refractivity contribution in [3.63, 3.8) is 0 Å². The van der Waals surface area contributed by atoms with Gasteiger partial charge in [0, 0.05) is 11.4 Å². The average molecular weight is 306 g/mol. The van der Waals surface area contributed by atoms with Crippen molar-refractivity contribution in [1.29, 1.82) is 0 Å². The molecule has 2 unspecified atom stereocenters. The van der Waals surface area contributed by atoms with Crippen molar-refractivity contribution >= 4 is 17.2 Å². The predicted octanol–water partition coefficient (Wildman–Crippen LogP) is 3.30. The third-order valence-corrected chi connectivity index (χ3v) is 4.58. The van der Waals surface area contributed by atoms with Crippen LogP contribution in [0.3, 0.4) is 0 Å². The molecule has 1 amide bonds. The van der Waals surface area contributed by atoms with Crippen LogP contribution < -0.4 is 5.32 Å². The Balaban J connectivity index is 2.22. The molecular weight excluding hydrogens is 289 g/mol. The molecule has 20 heavy (non-hydrogen) atoms. The zero-order chi connectivity index (χ0) is 15.0. The molecule has 3 nitrogen and oxygen atoms in total. The Hall–Kier alpha value is -1.08. The smallest absolute Gasteiger partial charge is 0.320 e. The Morgan fingerprint density at radius 1 is 1.50 bits per heavy atom. The molecular formula is C13H17F3N2OS. The van der Waals surface area contributed by atoms with E-state index in [1.165, 1.54) is 16.2 Å². The number of halogens is 3. The fraction of sp³-hybridized carbons (Fsp3) is 0.615. The molecule has 1 N–H and O–H groups in total. The van der Waals surface area contributed by atoms with Gasteiger partial charge in [-0.2, -0.15) is 13.2 Å². The molecule has 1 aromatic rings. The highest BCUT2D eigenvalue weighted by molar-refractivity contribution is 7.10. The van der Waals surface area contributed by atoms with E-state index in [4.69, 9.17) is 0 Å². The predicted molar refractivity (Wildman–Crippen MR) is 71.3 cm³/mol. The molecule has 1 saturated heterocycles. The molecule has 0 aromatic carbocycles. The van der Waals surface area contributed by atoms with Gasteiger partial charge in [-0.15, -0.1) is 11.3 Å². The minimum atomic E-state index is -4.26. The van der Waals surface area contributed by atoms with Gasteiger partial charge in [0.25, 0.3) is 0 Å². The largest absolute Gasteiger partial charge is 0.390 e. The number of rotatable bonds is 4. The first-order valence-corrected chi connectivity index (χ1v) is 7.34. The van der Waals surface area contributed by atoms with E-state index in [1.807, 2.05) is 24.4 Å². The topological polar surface area (TPSA) is 32.3 Å². The molecule has 7 heteroatoms. The molecule has 0 spiro atoms. The Morgan fingerprint density at radius 3 is 2.70 bits per heavy atom. The first kappa shape index (κ1) is 15.3. The minimum Gasteiger partial charge on any atom is -0.320 e. The standard InChI is InChI=1S/C13H17F3N2OS/c1-3-12(2)11(19)18(7-6-13(14,15)16)10(17-12)9-5-4-8-20-9/h4-5,8,10,17H,3,6-7H2,1-2H3. The van der Waals surface area contributed by atoms with Crippen molar-refractivity contribution in [3.05, 3.63) is 22.4 Å². The highest BCUT2D eigenvalue weighted by atomic mass is 32.1. The first-order valence-electron chi connectivity index (χ1n) is 6.46. The lowest BCUT2D eigenvalue weighted by Crippen LogP contribution is -2.43. The van der Waals surface area contributed by atoms with Gasteiger partial charge < -0.3 is 4.90 Å². The van der Waals surface area contributed by atoms with Gasteiger partial charge in [-0.25, -0.2) is 0 Å². The number of thiophene rings is 1. The van der Waals surface area contributed by atoms with Crippen LogP contribution in [0.2, 0.25) is 0 Å². The molecule has 0 aliphatic carbocycles. The van der Waals surface area contributed by atoms with E-state index in [2.05, 4.69) is 5.32 Å². The van der Waals surface area contributed by atoms with Crippen LogP contribution in [0.25, 0.3) is 0 Å². The van der Waals surface area contributed by atoms with Crippen molar-refractivity contribution < 1.29 is 18.0 Å². The Bertz CT molecular complexity index is 474. The highest BCUT2D eigenvalue weighted by Crippen LogP contribution is 2.35. The summed E-state index contributed by atoms with van der Waals surface area (Å²) in [5.41, 5.74) is -0.791. The van der Waals surface area contributed by atoms with E-state index in [1.54, 1.807) is 6.92 Å². The monoisotopic (exact) mass is 306 g/mol. The minimum absolute atomic E-state index is 0.261. The molecule has 0 radical (unpaired) electrons. The van der Waals surface area contributed by atoms with Gasteiger partial charge in [-0.05, 0) is 24.8 Å². The molecule has 1 aliphatic heterocycles. The second-order valence-electron chi connectivity index (χ2n) is 5.11. The second-order valence-corrected chi connectivity index (χ2v) is 6.09. The van der Waals surface area contributed by atoms with E-state index in [-0.39, 0.29) is 12.5 Å². The summed E-state index contributed by atoms with van der Waals surface area (Å²) in [6.07, 6.45) is -5.17. The number of carbonyl (C=O) groups excluding carboxylic acids is 1. The summed E-state index contributed by atoms with van der Waals surface area (Å²) in [6, 6.07) is 3.66. The SMILES string of the molecule is CCC1(C)NC(c2cccs2)N(CCC(F)(F)F)C1=O. The van der Waals surface area contributed by atoms with Gasteiger partial charge in [0.2, 0.25) is 5.91 Å². The van der Waals surface area contributed by atoms with Crippen molar-refractivity contribution in [1.82, 2.24) is 10.2 Å². The van der Waals surface area contributed by atoms with Gasteiger partial charge in [0.15, 0.2) is 0 Å². The maximum atomic E-state index is 12.4. The number of hydrogen-bond acceptors (Lipinski definition) is 3. The number of alkyl halides is 3. The van der Waals surface area contributed by atoms with Crippen molar-refractivity contribution in [2.75, 3.05) is 6.54 Å². The van der Waals surface area contributed by atoms with E-state index < -0.39 is 24.3 Å². The number of nitrogens with zero attached hydrogens (tertiary/aromatic N) is 1. The zero-order valence-electron chi connectivity index (χ0n) is 11.3. The molecule has 112 valence electrons. The van der Waals surface area contributed by atoms with Crippen LogP contribution in [-0.4, -0.2) is 29.1 Å². The fourth-order valence-electron chi connectivity index (χ4n) is 2.28. The first-order chi connectivity index (χ1) is 9.27. The Labute approximate surface area is 119 Å². The molecule has 2 rings (SSSR count). The molecule has 1 fully saturated rings. The average Bonchev–Trinajstić information content (AvgIpc) is 2.96. The van der Waals surface area contributed by atoms with Gasteiger partial charge in [0.05, 0.1) is 12.0 Å². The van der Waals surface area contributed by atoms with Crippen LogP contribution in [-0.2, 0) is 4.79 Å². The van der Waals surface area contributed by atoms with Gasteiger partial charge in [-0.3, -0.25) is 10.1 Å². The summed E-state index contributed by atoms with van der Waals surface area (Å²) < 4.78 is 37.3. The third kappa shape index (κ3) is 2.98. The summed E-state index contributed by atoms with van der Waals surface area (Å²) in [4.78, 5) is 14.5. The summed E-state index contributed by atoms with van der Waals surface area (Å²) in [5.74, 6) is -0.261. The van der Waals surface area contributed by atoms with Crippen molar-refractivity contribution in [3.8, 4) is 0 Å². The molecule has 1 aliphatic rings. The third-order valence-electron chi connectivity index (χ3n) is 3.66. The molecule has 0 bridgehead atoms. The molecule has 1 aromatic heterocycles. The van der Waals surface area contributed by atoms with E-state index in [0.717, 1.165) is 4.88 Å². The van der Waals surface area contributed by atoms with Crippen LogP contribution in [0.4, 0.5) is 13.2 Å². The lowest BCUT2D eigenvalue weighted by atomic mass is 9.99.